The van der Waals surface area contributed by atoms with Gasteiger partial charge in [0.25, 0.3) is 0 Å². The SMILES string of the molecule is COCC1(CCNC(=O)C2COc3cc(C)c(C)cc32)CC1. The Morgan fingerprint density at radius 3 is 2.77 bits per heavy atom. The van der Waals surface area contributed by atoms with Gasteiger partial charge in [0, 0.05) is 19.2 Å². The summed E-state index contributed by atoms with van der Waals surface area (Å²) in [4.78, 5) is 12.4. The molecule has 0 spiro atoms. The molecule has 3 rings (SSSR count). The van der Waals surface area contributed by atoms with Gasteiger partial charge in [-0.3, -0.25) is 4.79 Å². The molecule has 1 N–H and O–H groups in total. The summed E-state index contributed by atoms with van der Waals surface area (Å²) in [6.07, 6.45) is 3.43. The molecule has 1 unspecified atom stereocenters. The Hall–Kier alpha value is -1.55. The van der Waals surface area contributed by atoms with Crippen LogP contribution in [0, 0.1) is 19.3 Å². The lowest BCUT2D eigenvalue weighted by atomic mass is 9.96. The Balaban J connectivity index is 1.57. The van der Waals surface area contributed by atoms with Crippen LogP contribution in [0.1, 0.15) is 41.9 Å². The van der Waals surface area contributed by atoms with Crippen molar-refractivity contribution in [2.24, 2.45) is 5.41 Å². The second-order valence-electron chi connectivity index (χ2n) is 6.81. The average molecular weight is 303 g/mol. The number of benzene rings is 1. The fraction of sp³-hybridized carbons (Fsp3) is 0.611. The van der Waals surface area contributed by atoms with Crippen LogP contribution < -0.4 is 10.1 Å². The molecule has 1 amide bonds. The molecule has 1 aliphatic carbocycles. The number of hydrogen-bond acceptors (Lipinski definition) is 3. The fourth-order valence-electron chi connectivity index (χ4n) is 3.21. The van der Waals surface area contributed by atoms with Crippen LogP contribution in [0.3, 0.4) is 0 Å². The van der Waals surface area contributed by atoms with Crippen molar-refractivity contribution in [2.45, 2.75) is 39.0 Å². The number of fused-ring (bicyclic) bond motifs is 1. The molecule has 0 bridgehead atoms. The molecule has 1 heterocycles. The maximum Gasteiger partial charge on any atom is 0.231 e. The Morgan fingerprint density at radius 1 is 1.36 bits per heavy atom. The zero-order chi connectivity index (χ0) is 15.7. The van der Waals surface area contributed by atoms with E-state index in [-0.39, 0.29) is 11.8 Å². The molecule has 4 heteroatoms. The monoisotopic (exact) mass is 303 g/mol. The highest BCUT2D eigenvalue weighted by molar-refractivity contribution is 5.85. The van der Waals surface area contributed by atoms with Crippen LogP contribution in [-0.4, -0.2) is 32.8 Å². The molecule has 0 radical (unpaired) electrons. The van der Waals surface area contributed by atoms with Crippen LogP contribution in [0.2, 0.25) is 0 Å². The molecule has 1 aromatic rings. The summed E-state index contributed by atoms with van der Waals surface area (Å²) in [7, 11) is 1.75. The van der Waals surface area contributed by atoms with E-state index in [2.05, 4.69) is 25.2 Å². The number of methoxy groups -OCH3 is 1. The number of nitrogens with one attached hydrogen (secondary N) is 1. The number of carbonyl (C=O) groups excluding carboxylic acids is 1. The van der Waals surface area contributed by atoms with Crippen LogP contribution in [0.15, 0.2) is 12.1 Å². The van der Waals surface area contributed by atoms with Gasteiger partial charge in [-0.25, -0.2) is 0 Å². The lowest BCUT2D eigenvalue weighted by Gasteiger charge is -2.15. The van der Waals surface area contributed by atoms with Crippen molar-refractivity contribution in [3.05, 3.63) is 28.8 Å². The predicted octanol–water partition coefficient (Wildman–Crippen LogP) is 2.71. The topological polar surface area (TPSA) is 47.6 Å². The largest absolute Gasteiger partial charge is 0.492 e. The molecule has 0 saturated heterocycles. The normalized spacial score (nSPS) is 21.1. The van der Waals surface area contributed by atoms with Crippen molar-refractivity contribution >= 4 is 5.91 Å². The molecule has 1 aliphatic heterocycles. The third-order valence-corrected chi connectivity index (χ3v) is 5.09. The summed E-state index contributed by atoms with van der Waals surface area (Å²) in [5, 5.41) is 3.08. The maximum atomic E-state index is 12.4. The first-order valence-corrected chi connectivity index (χ1v) is 8.05. The van der Waals surface area contributed by atoms with E-state index >= 15 is 0 Å². The van der Waals surface area contributed by atoms with E-state index in [0.29, 0.717) is 12.0 Å². The van der Waals surface area contributed by atoms with Gasteiger partial charge in [0.15, 0.2) is 0 Å². The molecule has 1 aromatic carbocycles. The van der Waals surface area contributed by atoms with Gasteiger partial charge in [-0.15, -0.1) is 0 Å². The third-order valence-electron chi connectivity index (χ3n) is 5.09. The van der Waals surface area contributed by atoms with Gasteiger partial charge < -0.3 is 14.8 Å². The molecule has 1 atom stereocenters. The van der Waals surface area contributed by atoms with Gasteiger partial charge in [0.05, 0.1) is 6.61 Å². The molecule has 0 aromatic heterocycles. The van der Waals surface area contributed by atoms with E-state index in [4.69, 9.17) is 9.47 Å². The molecule has 22 heavy (non-hydrogen) atoms. The molecule has 4 nitrogen and oxygen atoms in total. The Labute approximate surface area is 132 Å². The number of rotatable bonds is 6. The first-order chi connectivity index (χ1) is 10.5. The molecule has 2 aliphatic rings. The number of amides is 1. The summed E-state index contributed by atoms with van der Waals surface area (Å²) in [5.74, 6) is 0.767. The smallest absolute Gasteiger partial charge is 0.231 e. The van der Waals surface area contributed by atoms with E-state index in [9.17, 15) is 4.79 Å². The minimum atomic E-state index is -0.174. The van der Waals surface area contributed by atoms with E-state index in [0.717, 1.165) is 30.9 Å². The minimum absolute atomic E-state index is 0.0789. The minimum Gasteiger partial charge on any atom is -0.492 e. The second-order valence-corrected chi connectivity index (χ2v) is 6.81. The van der Waals surface area contributed by atoms with Gasteiger partial charge in [-0.05, 0) is 55.7 Å². The summed E-state index contributed by atoms with van der Waals surface area (Å²) in [6.45, 7) is 6.12. The van der Waals surface area contributed by atoms with Crippen molar-refractivity contribution < 1.29 is 14.3 Å². The van der Waals surface area contributed by atoms with Crippen LogP contribution in [-0.2, 0) is 9.53 Å². The van der Waals surface area contributed by atoms with Crippen molar-refractivity contribution in [3.63, 3.8) is 0 Å². The van der Waals surface area contributed by atoms with Gasteiger partial charge in [-0.2, -0.15) is 0 Å². The molecule has 120 valence electrons. The zero-order valence-electron chi connectivity index (χ0n) is 13.7. The van der Waals surface area contributed by atoms with Crippen molar-refractivity contribution in [1.82, 2.24) is 5.32 Å². The number of aryl methyl sites for hydroxylation is 2. The molecule has 1 saturated carbocycles. The molecule has 1 fully saturated rings. The van der Waals surface area contributed by atoms with Crippen molar-refractivity contribution in [2.75, 3.05) is 26.9 Å². The van der Waals surface area contributed by atoms with Crippen LogP contribution in [0.4, 0.5) is 0 Å². The van der Waals surface area contributed by atoms with Gasteiger partial charge >= 0.3 is 0 Å². The van der Waals surface area contributed by atoms with E-state index in [1.165, 1.54) is 24.0 Å². The Bertz CT molecular complexity index is 578. The van der Waals surface area contributed by atoms with Gasteiger partial charge in [0.2, 0.25) is 5.91 Å². The standard InChI is InChI=1S/C18H25NO3/c1-12-8-14-15(10-22-16(14)9-13(12)2)17(20)19-7-6-18(4-5-18)11-21-3/h8-9,15H,4-7,10-11H2,1-3H3,(H,19,20). The number of hydrogen-bond donors (Lipinski definition) is 1. The van der Waals surface area contributed by atoms with Gasteiger partial charge in [-0.1, -0.05) is 6.07 Å². The van der Waals surface area contributed by atoms with E-state index in [1.54, 1.807) is 7.11 Å². The summed E-state index contributed by atoms with van der Waals surface area (Å²) < 4.78 is 10.9. The first kappa shape index (κ1) is 15.3. The van der Waals surface area contributed by atoms with Crippen molar-refractivity contribution in [1.29, 1.82) is 0 Å². The quantitative estimate of drug-likeness (QED) is 0.879. The second kappa shape index (κ2) is 5.92. The van der Waals surface area contributed by atoms with Crippen molar-refractivity contribution in [3.8, 4) is 5.75 Å². The number of ether oxygens (including phenoxy) is 2. The van der Waals surface area contributed by atoms with Crippen LogP contribution >= 0.6 is 0 Å². The molecular formula is C18H25NO3. The highest BCUT2D eigenvalue weighted by Gasteiger charge is 2.42. The lowest BCUT2D eigenvalue weighted by Crippen LogP contribution is -2.32. The molecular weight excluding hydrogens is 278 g/mol. The lowest BCUT2D eigenvalue weighted by molar-refractivity contribution is -0.122. The average Bonchev–Trinajstić information content (AvgIpc) is 3.12. The third kappa shape index (κ3) is 2.98. The van der Waals surface area contributed by atoms with Crippen LogP contribution in [0.5, 0.6) is 5.75 Å². The van der Waals surface area contributed by atoms with Gasteiger partial charge in [0.1, 0.15) is 18.3 Å². The van der Waals surface area contributed by atoms with Crippen LogP contribution in [0.25, 0.3) is 0 Å². The first-order valence-electron chi connectivity index (χ1n) is 8.05. The Kier molecular flexibility index (Phi) is 4.13. The zero-order valence-corrected chi connectivity index (χ0v) is 13.7. The van der Waals surface area contributed by atoms with E-state index in [1.807, 2.05) is 6.07 Å². The predicted molar refractivity (Wildman–Crippen MR) is 85.3 cm³/mol. The highest BCUT2D eigenvalue weighted by atomic mass is 16.5. The highest BCUT2D eigenvalue weighted by Crippen LogP contribution is 2.48. The van der Waals surface area contributed by atoms with E-state index < -0.39 is 0 Å². The number of carbonyl (C=O) groups is 1. The Morgan fingerprint density at radius 2 is 2.09 bits per heavy atom. The maximum absolute atomic E-state index is 12.4. The summed E-state index contributed by atoms with van der Waals surface area (Å²) in [5.41, 5.74) is 3.76. The fourth-order valence-corrected chi connectivity index (χ4v) is 3.21. The summed E-state index contributed by atoms with van der Waals surface area (Å²) >= 11 is 0. The summed E-state index contributed by atoms with van der Waals surface area (Å²) in [6, 6.07) is 4.13.